The number of aromatic nitrogens is 2. The van der Waals surface area contributed by atoms with Crippen molar-refractivity contribution in [2.24, 2.45) is 0 Å². The Balaban J connectivity index is 1.41. The molecule has 37 heavy (non-hydrogen) atoms. The molecule has 0 spiro atoms. The smallest absolute Gasteiger partial charge is 0.298 e. The van der Waals surface area contributed by atoms with E-state index in [1.54, 1.807) is 18.2 Å². The molecule has 1 unspecified atom stereocenters. The van der Waals surface area contributed by atoms with Gasteiger partial charge in [-0.2, -0.15) is 8.78 Å². The van der Waals surface area contributed by atoms with E-state index in [9.17, 15) is 18.7 Å². The number of carbonyl (C=O) groups is 1. The number of alkyl halides is 2. The molecule has 1 saturated heterocycles. The summed E-state index contributed by atoms with van der Waals surface area (Å²) in [5, 5.41) is 12.8. The van der Waals surface area contributed by atoms with Crippen molar-refractivity contribution >= 4 is 34.8 Å². The van der Waals surface area contributed by atoms with Crippen LogP contribution in [-0.4, -0.2) is 40.3 Å². The van der Waals surface area contributed by atoms with Gasteiger partial charge in [0.05, 0.1) is 41.6 Å². The fraction of sp³-hybridized carbons (Fsp3) is 0.346. The average Bonchev–Trinajstić information content (AvgIpc) is 2.86. The van der Waals surface area contributed by atoms with Gasteiger partial charge in [0.25, 0.3) is 5.92 Å². The first kappa shape index (κ1) is 27.2. The number of hydrogen-bond donors (Lipinski definition) is 2. The molecule has 0 bridgehead atoms. The average molecular weight is 552 g/mol. The highest BCUT2D eigenvalue weighted by atomic mass is 35.5. The number of benzene rings is 1. The molecule has 3 aromatic rings. The Bertz CT molecular complexity index is 1240. The molecule has 2 N–H and O–H groups in total. The summed E-state index contributed by atoms with van der Waals surface area (Å²) in [4.78, 5) is 21.2. The molecular weight excluding hydrogens is 527 g/mol. The number of ether oxygens (including phenoxy) is 2. The first-order valence-corrected chi connectivity index (χ1v) is 12.3. The largest absolute Gasteiger partial charge is 0.464 e. The first-order chi connectivity index (χ1) is 17.6. The Morgan fingerprint density at radius 2 is 1.86 bits per heavy atom. The molecule has 2 aromatic heterocycles. The van der Waals surface area contributed by atoms with Gasteiger partial charge in [0.1, 0.15) is 11.8 Å². The van der Waals surface area contributed by atoms with E-state index < -0.39 is 17.6 Å². The van der Waals surface area contributed by atoms with Crippen molar-refractivity contribution in [3.05, 3.63) is 81.7 Å². The van der Waals surface area contributed by atoms with Crippen molar-refractivity contribution in [1.82, 2.24) is 9.97 Å². The minimum atomic E-state index is -3.37. The van der Waals surface area contributed by atoms with Crippen molar-refractivity contribution in [1.29, 1.82) is 0 Å². The molecule has 4 rings (SSSR count). The van der Waals surface area contributed by atoms with Crippen molar-refractivity contribution in [3.63, 3.8) is 0 Å². The number of nitrogens with one attached hydrogen (secondary N) is 1. The van der Waals surface area contributed by atoms with Crippen LogP contribution in [-0.2, 0) is 27.5 Å². The molecule has 1 atom stereocenters. The highest BCUT2D eigenvalue weighted by molar-refractivity contribution is 6.34. The number of nitrogens with zero attached hydrogens (tertiary/aromatic N) is 2. The molecule has 3 heterocycles. The van der Waals surface area contributed by atoms with Gasteiger partial charge in [0.2, 0.25) is 11.8 Å². The summed E-state index contributed by atoms with van der Waals surface area (Å²) in [6.45, 7) is 1.96. The van der Waals surface area contributed by atoms with Crippen LogP contribution in [0.25, 0.3) is 0 Å². The maximum Gasteiger partial charge on any atom is 0.298 e. The summed E-state index contributed by atoms with van der Waals surface area (Å²) in [5.74, 6) is -3.39. The van der Waals surface area contributed by atoms with E-state index in [2.05, 4.69) is 15.3 Å². The van der Waals surface area contributed by atoms with Gasteiger partial charge in [-0.25, -0.2) is 4.98 Å². The maximum absolute atomic E-state index is 13.9. The first-order valence-electron chi connectivity index (χ1n) is 11.6. The molecular formula is C26H25Cl2F2N3O4. The fourth-order valence-electron chi connectivity index (χ4n) is 4.03. The van der Waals surface area contributed by atoms with Crippen LogP contribution in [0.15, 0.2) is 54.9 Å². The number of halogens is 4. The lowest BCUT2D eigenvalue weighted by Crippen LogP contribution is -2.40. The number of pyridine rings is 2. The van der Waals surface area contributed by atoms with Crippen LogP contribution in [0.2, 0.25) is 10.0 Å². The quantitative estimate of drug-likeness (QED) is 0.382. The van der Waals surface area contributed by atoms with E-state index in [1.165, 1.54) is 36.7 Å². The molecule has 1 aliphatic heterocycles. The van der Waals surface area contributed by atoms with Crippen molar-refractivity contribution in [2.45, 2.75) is 43.8 Å². The number of aliphatic hydroxyl groups excluding tert-OH is 1. The summed E-state index contributed by atoms with van der Waals surface area (Å²) in [6.07, 6.45) is 2.17. The van der Waals surface area contributed by atoms with Crippen LogP contribution in [0.1, 0.15) is 36.6 Å². The second-order valence-corrected chi connectivity index (χ2v) is 9.64. The lowest BCUT2D eigenvalue weighted by atomic mass is 9.89. The minimum absolute atomic E-state index is 0.0252. The number of amides is 1. The lowest BCUT2D eigenvalue weighted by Gasteiger charge is -2.37. The Kier molecular flexibility index (Phi) is 8.28. The number of anilines is 1. The zero-order valence-electron chi connectivity index (χ0n) is 19.9. The number of rotatable bonds is 8. The maximum atomic E-state index is 13.9. The van der Waals surface area contributed by atoms with Crippen molar-refractivity contribution in [3.8, 4) is 5.88 Å². The number of aliphatic hydroxyl groups is 1. The van der Waals surface area contributed by atoms with E-state index >= 15 is 0 Å². The van der Waals surface area contributed by atoms with Crippen molar-refractivity contribution in [2.75, 3.05) is 18.5 Å². The van der Waals surface area contributed by atoms with Crippen LogP contribution in [0, 0.1) is 0 Å². The third-order valence-electron chi connectivity index (χ3n) is 6.09. The van der Waals surface area contributed by atoms with E-state index in [4.69, 9.17) is 32.7 Å². The number of carbonyl (C=O) groups excluding carboxylic acids is 1. The topological polar surface area (TPSA) is 93.6 Å². The molecule has 1 aromatic carbocycles. The molecule has 1 aliphatic rings. The third-order valence-corrected chi connectivity index (χ3v) is 6.58. The predicted octanol–water partition coefficient (Wildman–Crippen LogP) is 5.52. The van der Waals surface area contributed by atoms with E-state index in [1.807, 2.05) is 0 Å². The van der Waals surface area contributed by atoms with E-state index in [-0.39, 0.29) is 17.9 Å². The van der Waals surface area contributed by atoms with Gasteiger partial charge in [-0.05, 0) is 24.6 Å². The van der Waals surface area contributed by atoms with Crippen LogP contribution < -0.4 is 10.1 Å². The van der Waals surface area contributed by atoms with E-state index in [0.29, 0.717) is 58.9 Å². The predicted molar refractivity (Wildman–Crippen MR) is 135 cm³/mol. The van der Waals surface area contributed by atoms with Crippen molar-refractivity contribution < 1.29 is 28.2 Å². The highest BCUT2D eigenvalue weighted by Gasteiger charge is 2.40. The number of hydrogen-bond acceptors (Lipinski definition) is 6. The van der Waals surface area contributed by atoms with Crippen LogP contribution in [0.5, 0.6) is 5.88 Å². The summed E-state index contributed by atoms with van der Waals surface area (Å²) in [5.41, 5.74) is 0.388. The fourth-order valence-corrected chi connectivity index (χ4v) is 4.58. The summed E-state index contributed by atoms with van der Waals surface area (Å²) in [7, 11) is 0. The van der Waals surface area contributed by atoms with Gasteiger partial charge in [-0.15, -0.1) is 0 Å². The van der Waals surface area contributed by atoms with E-state index in [0.717, 1.165) is 6.92 Å². The second-order valence-electron chi connectivity index (χ2n) is 8.80. The molecule has 0 saturated carbocycles. The molecule has 7 nitrogen and oxygen atoms in total. The zero-order chi connectivity index (χ0) is 26.6. The molecule has 0 radical (unpaired) electrons. The standard InChI is InChI=1S/C26H25Cl2F2N3O4/c1-16(34)26(29,30)18-4-2-17(3-5-18)12-22(35)33-20-6-7-23(31-15-20)37-25(8-10-36-11-9-25)24-21(28)13-19(27)14-32-24/h2-7,13-16,34H,8-12H2,1H3,(H,33,35). The molecule has 196 valence electrons. The van der Waals surface area contributed by atoms with Crippen LogP contribution >= 0.6 is 23.2 Å². The van der Waals surface area contributed by atoms with Gasteiger partial charge in [-0.1, -0.05) is 47.5 Å². The summed E-state index contributed by atoms with van der Waals surface area (Å²) in [6, 6.07) is 10.2. The second kappa shape index (κ2) is 11.3. The highest BCUT2D eigenvalue weighted by Crippen LogP contribution is 2.39. The molecule has 11 heteroatoms. The minimum Gasteiger partial charge on any atom is -0.464 e. The van der Waals surface area contributed by atoms with Gasteiger partial charge < -0.3 is 19.9 Å². The third kappa shape index (κ3) is 6.35. The van der Waals surface area contributed by atoms with Crippen LogP contribution in [0.3, 0.4) is 0 Å². The summed E-state index contributed by atoms with van der Waals surface area (Å²) < 4.78 is 39.6. The molecule has 1 fully saturated rings. The zero-order valence-corrected chi connectivity index (χ0v) is 21.4. The monoisotopic (exact) mass is 551 g/mol. The van der Waals surface area contributed by atoms with Gasteiger partial charge in [0, 0.05) is 30.7 Å². The Morgan fingerprint density at radius 1 is 1.16 bits per heavy atom. The summed E-state index contributed by atoms with van der Waals surface area (Å²) >= 11 is 12.4. The Morgan fingerprint density at radius 3 is 2.46 bits per heavy atom. The normalized spacial score (nSPS) is 16.2. The SMILES string of the molecule is CC(O)C(F)(F)c1ccc(CC(=O)Nc2ccc(OC3(c4ncc(Cl)cc4Cl)CCOCC3)nc2)cc1. The molecule has 0 aliphatic carbocycles. The van der Waals surface area contributed by atoms with Crippen LogP contribution in [0.4, 0.5) is 14.5 Å². The van der Waals surface area contributed by atoms with Gasteiger partial charge >= 0.3 is 0 Å². The van der Waals surface area contributed by atoms with Gasteiger partial charge in [-0.3, -0.25) is 9.78 Å². The Hall–Kier alpha value is -2.85. The lowest BCUT2D eigenvalue weighted by molar-refractivity contribution is -0.115. The molecule has 1 amide bonds. The van der Waals surface area contributed by atoms with Gasteiger partial charge in [0.15, 0.2) is 5.60 Å². The Labute approximate surface area is 222 Å².